The number of nitrogen functional groups attached to an aromatic ring is 1. The number of nitrogens with two attached hydrogens (primary N) is 1. The van der Waals surface area contributed by atoms with Gasteiger partial charge in [-0.3, -0.25) is 4.79 Å². The summed E-state index contributed by atoms with van der Waals surface area (Å²) < 4.78 is 22.9. The number of piperidine rings is 1. The zero-order chi connectivity index (χ0) is 24.7. The maximum atomic E-state index is 14.1. The van der Waals surface area contributed by atoms with Crippen molar-refractivity contribution in [2.45, 2.75) is 51.7 Å². The van der Waals surface area contributed by atoms with E-state index in [1.54, 1.807) is 4.90 Å². The molecule has 0 bridgehead atoms. The summed E-state index contributed by atoms with van der Waals surface area (Å²) in [5.41, 5.74) is 9.10. The summed E-state index contributed by atoms with van der Waals surface area (Å²) in [6.45, 7) is 4.06. The molecule has 11 heteroatoms. The van der Waals surface area contributed by atoms with Crippen LogP contribution in [-0.4, -0.2) is 61.2 Å². The molecule has 9 nitrogen and oxygen atoms in total. The van der Waals surface area contributed by atoms with Crippen LogP contribution in [0.1, 0.15) is 43.1 Å². The zero-order valence-electron chi connectivity index (χ0n) is 19.5. The van der Waals surface area contributed by atoms with E-state index in [0.29, 0.717) is 49.7 Å². The molecule has 1 aromatic carbocycles. The lowest BCUT2D eigenvalue weighted by Gasteiger charge is -2.32. The highest BCUT2D eigenvalue weighted by Gasteiger charge is 2.26. The zero-order valence-corrected chi connectivity index (χ0v) is 21.7. The summed E-state index contributed by atoms with van der Waals surface area (Å²) in [6.07, 6.45) is 2.15. The van der Waals surface area contributed by atoms with Crippen molar-refractivity contribution in [3.8, 4) is 5.75 Å². The second kappa shape index (κ2) is 9.84. The first kappa shape index (κ1) is 24.2. The lowest BCUT2D eigenvalue weighted by Crippen LogP contribution is -2.43. The van der Waals surface area contributed by atoms with Gasteiger partial charge in [-0.1, -0.05) is 0 Å². The van der Waals surface area contributed by atoms with Crippen molar-refractivity contribution < 1.29 is 19.0 Å². The predicted octanol–water partition coefficient (Wildman–Crippen LogP) is 2.69. The average Bonchev–Trinajstić information content (AvgIpc) is 3.41. The van der Waals surface area contributed by atoms with Crippen LogP contribution in [0.4, 0.5) is 10.2 Å². The number of carbonyl (C=O) groups excluding carboxylic acids is 1. The molecule has 1 atom stereocenters. The number of hydrogen-bond donors (Lipinski definition) is 2. The van der Waals surface area contributed by atoms with E-state index in [1.165, 1.54) is 12.5 Å². The fourth-order valence-corrected chi connectivity index (χ4v) is 5.69. The van der Waals surface area contributed by atoms with Crippen molar-refractivity contribution in [3.05, 3.63) is 38.7 Å². The monoisotopic (exact) mass is 598 g/mol. The van der Waals surface area contributed by atoms with E-state index in [4.69, 9.17) is 15.5 Å². The summed E-state index contributed by atoms with van der Waals surface area (Å²) in [4.78, 5) is 26.2. The SMILES string of the molecule is C[C@H](O)C(=O)N1CCC(CCn2c(Cc3cc4c(cc3[131I])CCO4)nc3c(N)nc(F)nc32)CC1. The summed E-state index contributed by atoms with van der Waals surface area (Å²) in [6, 6.07) is 4.22. The highest BCUT2D eigenvalue weighted by Crippen LogP contribution is 2.32. The van der Waals surface area contributed by atoms with E-state index >= 15 is 0 Å². The number of aryl methyl sites for hydroxylation is 1. The molecular weight excluding hydrogens is 570 g/mol. The molecule has 2 aromatic heterocycles. The molecular formula is C24H28FIN6O3. The number of aliphatic hydroxyl groups is 1. The first-order valence-corrected chi connectivity index (χ1v) is 13.0. The Morgan fingerprint density at radius 2 is 2.09 bits per heavy atom. The summed E-state index contributed by atoms with van der Waals surface area (Å²) in [5, 5.41) is 9.57. The molecule has 1 fully saturated rings. The van der Waals surface area contributed by atoms with Gasteiger partial charge in [0.1, 0.15) is 17.7 Å². The molecule has 4 heterocycles. The first-order chi connectivity index (χ1) is 16.8. The standard InChI is InChI=1S/C24H28FIN6O3/c1-13(33)23(34)31-6-2-14(3-7-31)4-8-32-19(28-20-21(27)29-24(25)30-22(20)32)12-16-11-18-15(5-9-35-18)10-17(16)26/h10-11,13-14,33H,2-9,12H2,1H3,(H2,27,29,30)/t13-/m0/s1/i26+4. The van der Waals surface area contributed by atoms with Crippen LogP contribution in [-0.2, 0) is 24.2 Å². The number of benzene rings is 1. The number of imidazole rings is 1. The predicted molar refractivity (Wildman–Crippen MR) is 136 cm³/mol. The Balaban J connectivity index is 1.38. The van der Waals surface area contributed by atoms with Crippen LogP contribution in [0.15, 0.2) is 12.1 Å². The molecule has 1 saturated heterocycles. The summed E-state index contributed by atoms with van der Waals surface area (Å²) in [5.74, 6) is 1.87. The molecule has 3 aromatic rings. The number of nitrogens with zero attached hydrogens (tertiary/aromatic N) is 5. The number of halogens is 2. The van der Waals surface area contributed by atoms with E-state index in [0.717, 1.165) is 46.4 Å². The number of aliphatic hydroxyl groups excluding tert-OH is 1. The second-order valence-electron chi connectivity index (χ2n) is 9.29. The van der Waals surface area contributed by atoms with Gasteiger partial charge in [0.05, 0.1) is 6.61 Å². The van der Waals surface area contributed by atoms with Crippen molar-refractivity contribution >= 4 is 45.5 Å². The van der Waals surface area contributed by atoms with E-state index in [9.17, 15) is 14.3 Å². The van der Waals surface area contributed by atoms with Crippen LogP contribution < -0.4 is 10.5 Å². The maximum absolute atomic E-state index is 14.1. The molecule has 0 unspecified atom stereocenters. The minimum atomic E-state index is -0.973. The van der Waals surface area contributed by atoms with Gasteiger partial charge in [0, 0.05) is 36.0 Å². The van der Waals surface area contributed by atoms with Gasteiger partial charge in [-0.15, -0.1) is 0 Å². The molecule has 186 valence electrons. The fraction of sp³-hybridized carbons (Fsp3) is 0.500. The summed E-state index contributed by atoms with van der Waals surface area (Å²) >= 11 is 2.34. The number of rotatable bonds is 6. The average molecular weight is 598 g/mol. The number of ether oxygens (including phenoxy) is 1. The van der Waals surface area contributed by atoms with Gasteiger partial charge in [0.15, 0.2) is 17.0 Å². The van der Waals surface area contributed by atoms with Gasteiger partial charge in [0.25, 0.3) is 5.91 Å². The largest absolute Gasteiger partial charge is 0.493 e. The molecule has 2 aliphatic heterocycles. The van der Waals surface area contributed by atoms with Gasteiger partial charge in [-0.05, 0) is 78.0 Å². The Morgan fingerprint density at radius 1 is 1.31 bits per heavy atom. The van der Waals surface area contributed by atoms with Crippen LogP contribution in [0, 0.1) is 15.6 Å². The van der Waals surface area contributed by atoms with Gasteiger partial charge in [-0.2, -0.15) is 14.4 Å². The highest BCUT2D eigenvalue weighted by atomic mass is 131. The van der Waals surface area contributed by atoms with E-state index in [-0.39, 0.29) is 11.7 Å². The second-order valence-corrected chi connectivity index (χ2v) is 10.5. The van der Waals surface area contributed by atoms with Crippen molar-refractivity contribution in [2.75, 3.05) is 25.4 Å². The number of hydrogen-bond acceptors (Lipinski definition) is 7. The number of fused-ring (bicyclic) bond motifs is 2. The molecule has 0 spiro atoms. The Morgan fingerprint density at radius 3 is 2.83 bits per heavy atom. The van der Waals surface area contributed by atoms with Crippen LogP contribution in [0.3, 0.4) is 0 Å². The van der Waals surface area contributed by atoms with Crippen molar-refractivity contribution in [1.82, 2.24) is 24.4 Å². The molecule has 3 N–H and O–H groups in total. The Bertz CT molecular complexity index is 1270. The minimum Gasteiger partial charge on any atom is -0.493 e. The third-order valence-electron chi connectivity index (χ3n) is 6.93. The van der Waals surface area contributed by atoms with E-state index < -0.39 is 12.2 Å². The molecule has 35 heavy (non-hydrogen) atoms. The quantitative estimate of drug-likeness (QED) is 0.331. The molecule has 1 amide bonds. The normalized spacial score (nSPS) is 17.0. The van der Waals surface area contributed by atoms with Crippen LogP contribution in [0.2, 0.25) is 0 Å². The third kappa shape index (κ3) is 4.92. The lowest BCUT2D eigenvalue weighted by atomic mass is 9.93. The van der Waals surface area contributed by atoms with Gasteiger partial charge >= 0.3 is 6.08 Å². The maximum Gasteiger partial charge on any atom is 0.312 e. The Labute approximate surface area is 216 Å². The van der Waals surface area contributed by atoms with Crippen LogP contribution in [0.5, 0.6) is 5.75 Å². The van der Waals surface area contributed by atoms with Gasteiger partial charge in [0.2, 0.25) is 0 Å². The molecule has 5 rings (SSSR count). The molecule has 0 saturated carbocycles. The molecule has 0 aliphatic carbocycles. The van der Waals surface area contributed by atoms with Gasteiger partial charge < -0.3 is 25.0 Å². The topological polar surface area (TPSA) is 119 Å². The van der Waals surface area contributed by atoms with E-state index in [1.807, 2.05) is 4.57 Å². The minimum absolute atomic E-state index is 0.0319. The van der Waals surface area contributed by atoms with Crippen molar-refractivity contribution in [1.29, 1.82) is 0 Å². The Kier molecular flexibility index (Phi) is 6.80. The number of likely N-dealkylation sites (tertiary alicyclic amines) is 1. The Hall–Kier alpha value is -2.54. The van der Waals surface area contributed by atoms with Crippen LogP contribution >= 0.6 is 22.6 Å². The smallest absolute Gasteiger partial charge is 0.312 e. The summed E-state index contributed by atoms with van der Waals surface area (Å²) in [7, 11) is 0. The number of carbonyl (C=O) groups is 1. The number of amides is 1. The third-order valence-corrected chi connectivity index (χ3v) is 7.93. The van der Waals surface area contributed by atoms with Crippen molar-refractivity contribution in [3.63, 3.8) is 0 Å². The highest BCUT2D eigenvalue weighted by molar-refractivity contribution is 14.1. The van der Waals surface area contributed by atoms with Gasteiger partial charge in [-0.25, -0.2) is 4.98 Å². The molecule has 0 radical (unpaired) electrons. The molecule has 2 aliphatic rings. The number of anilines is 1. The first-order valence-electron chi connectivity index (χ1n) is 11.9. The van der Waals surface area contributed by atoms with Crippen molar-refractivity contribution in [2.24, 2.45) is 5.92 Å². The van der Waals surface area contributed by atoms with Crippen LogP contribution in [0.25, 0.3) is 11.2 Å². The van der Waals surface area contributed by atoms with E-state index in [2.05, 4.69) is 44.7 Å². The number of aromatic nitrogens is 4. The lowest BCUT2D eigenvalue weighted by molar-refractivity contribution is -0.140. The fourth-order valence-electron chi connectivity index (χ4n) is 4.97.